The van der Waals surface area contributed by atoms with E-state index in [4.69, 9.17) is 0 Å². The van der Waals surface area contributed by atoms with Crippen molar-refractivity contribution < 1.29 is 4.79 Å². The molecule has 4 nitrogen and oxygen atoms in total. The number of fused-ring (bicyclic) bond motifs is 2. The number of hydrogen-bond donors (Lipinski definition) is 1. The van der Waals surface area contributed by atoms with Crippen LogP contribution in [0.5, 0.6) is 0 Å². The highest BCUT2D eigenvalue weighted by Crippen LogP contribution is 2.38. The van der Waals surface area contributed by atoms with Gasteiger partial charge in [-0.2, -0.15) is 5.10 Å². The molecule has 3 aromatic rings. The first-order valence-corrected chi connectivity index (χ1v) is 10.3. The predicted octanol–water partition coefficient (Wildman–Crippen LogP) is 5.63. The molecule has 0 saturated heterocycles. The van der Waals surface area contributed by atoms with Gasteiger partial charge in [0.05, 0.1) is 11.8 Å². The lowest BCUT2D eigenvalue weighted by atomic mass is 9.88. The zero-order valence-electron chi connectivity index (χ0n) is 17.9. The zero-order valence-corrected chi connectivity index (χ0v) is 17.9. The third-order valence-electron chi connectivity index (χ3n) is 5.71. The van der Waals surface area contributed by atoms with E-state index in [2.05, 4.69) is 61.3 Å². The lowest BCUT2D eigenvalue weighted by Crippen LogP contribution is -2.44. The molecule has 4 rings (SSSR count). The summed E-state index contributed by atoms with van der Waals surface area (Å²) >= 11 is 0. The van der Waals surface area contributed by atoms with Crippen molar-refractivity contribution in [2.75, 3.05) is 11.4 Å². The number of nitrogens with one attached hydrogen (secondary N) is 1. The van der Waals surface area contributed by atoms with E-state index in [1.807, 2.05) is 48.5 Å². The number of hydrogen-bond acceptors (Lipinski definition) is 3. The van der Waals surface area contributed by atoms with E-state index >= 15 is 0 Å². The van der Waals surface area contributed by atoms with Crippen molar-refractivity contribution in [3.8, 4) is 0 Å². The van der Waals surface area contributed by atoms with Crippen molar-refractivity contribution in [2.45, 2.75) is 33.2 Å². The van der Waals surface area contributed by atoms with E-state index in [-0.39, 0.29) is 11.4 Å². The van der Waals surface area contributed by atoms with Gasteiger partial charge in [0, 0.05) is 23.4 Å². The maximum atomic E-state index is 12.5. The second-order valence-electron chi connectivity index (χ2n) is 8.26. The molecule has 0 aliphatic carbocycles. The van der Waals surface area contributed by atoms with Gasteiger partial charge in [-0.05, 0) is 73.9 Å². The van der Waals surface area contributed by atoms with Crippen LogP contribution in [0.2, 0.25) is 0 Å². The Morgan fingerprint density at radius 1 is 1.07 bits per heavy atom. The average molecular weight is 398 g/mol. The van der Waals surface area contributed by atoms with Gasteiger partial charge in [-0.15, -0.1) is 0 Å². The van der Waals surface area contributed by atoms with Crippen molar-refractivity contribution in [1.29, 1.82) is 0 Å². The van der Waals surface area contributed by atoms with Crippen LogP contribution in [0, 0.1) is 0 Å². The summed E-state index contributed by atoms with van der Waals surface area (Å²) < 4.78 is 0. The Hall–Kier alpha value is -3.40. The van der Waals surface area contributed by atoms with Gasteiger partial charge in [-0.3, -0.25) is 4.79 Å². The molecule has 1 N–H and O–H groups in total. The molecule has 1 amide bonds. The number of rotatable bonds is 4. The van der Waals surface area contributed by atoms with Crippen LogP contribution < -0.4 is 10.3 Å². The fraction of sp³-hybridized carbons (Fsp3) is 0.231. The number of benzene rings is 3. The summed E-state index contributed by atoms with van der Waals surface area (Å²) in [5.41, 5.74) is 7.89. The Morgan fingerprint density at radius 3 is 2.60 bits per heavy atom. The molecule has 3 aromatic carbocycles. The van der Waals surface area contributed by atoms with Crippen LogP contribution in [0.4, 0.5) is 5.69 Å². The van der Waals surface area contributed by atoms with Crippen molar-refractivity contribution in [3.05, 3.63) is 83.4 Å². The normalized spacial score (nSPS) is 15.2. The molecule has 152 valence electrons. The number of hydrazone groups is 1. The third kappa shape index (κ3) is 3.73. The predicted molar refractivity (Wildman–Crippen MR) is 126 cm³/mol. The summed E-state index contributed by atoms with van der Waals surface area (Å²) in [4.78, 5) is 14.9. The van der Waals surface area contributed by atoms with E-state index in [1.54, 1.807) is 6.21 Å². The van der Waals surface area contributed by atoms with E-state index in [0.29, 0.717) is 5.56 Å². The number of carbonyl (C=O) groups excluding carboxylic acids is 1. The van der Waals surface area contributed by atoms with Crippen LogP contribution >= 0.6 is 0 Å². The van der Waals surface area contributed by atoms with Gasteiger partial charge < -0.3 is 4.90 Å². The van der Waals surface area contributed by atoms with Crippen LogP contribution in [-0.2, 0) is 0 Å². The molecule has 1 aliphatic rings. The molecule has 30 heavy (non-hydrogen) atoms. The quantitative estimate of drug-likeness (QED) is 0.458. The van der Waals surface area contributed by atoms with Gasteiger partial charge in [0.1, 0.15) is 0 Å². The Bertz CT molecular complexity index is 1170. The summed E-state index contributed by atoms with van der Waals surface area (Å²) in [6.07, 6.45) is 4.00. The molecule has 0 spiro atoms. The molecular formula is C26H27N3O. The Kier molecular flexibility index (Phi) is 5.17. The summed E-state index contributed by atoms with van der Waals surface area (Å²) in [5.74, 6) is -0.218. The topological polar surface area (TPSA) is 44.7 Å². The highest BCUT2D eigenvalue weighted by molar-refractivity contribution is 5.99. The molecule has 0 aromatic heterocycles. The van der Waals surface area contributed by atoms with E-state index in [1.165, 1.54) is 16.8 Å². The van der Waals surface area contributed by atoms with Crippen molar-refractivity contribution in [2.24, 2.45) is 5.10 Å². The Morgan fingerprint density at radius 2 is 1.83 bits per heavy atom. The SMILES string of the molecule is CCN1c2ccc(/C=N/NC(=O)c3ccc4ccccc4c3)cc2C(C)=CC1(C)C. The molecule has 0 bridgehead atoms. The lowest BCUT2D eigenvalue weighted by Gasteiger charge is -2.42. The molecule has 0 unspecified atom stereocenters. The summed E-state index contributed by atoms with van der Waals surface area (Å²) in [6, 6.07) is 20.0. The van der Waals surface area contributed by atoms with E-state index < -0.39 is 0 Å². The molecule has 0 saturated carbocycles. The second-order valence-corrected chi connectivity index (χ2v) is 8.26. The first-order chi connectivity index (χ1) is 14.4. The van der Waals surface area contributed by atoms with Gasteiger partial charge in [0.15, 0.2) is 0 Å². The summed E-state index contributed by atoms with van der Waals surface area (Å²) in [5, 5.41) is 6.33. The van der Waals surface area contributed by atoms with Crippen molar-refractivity contribution >= 4 is 34.2 Å². The number of likely N-dealkylation sites (N-methyl/N-ethyl adjacent to an activating group) is 1. The van der Waals surface area contributed by atoms with Gasteiger partial charge in [0.25, 0.3) is 5.91 Å². The zero-order chi connectivity index (χ0) is 21.3. The van der Waals surface area contributed by atoms with Gasteiger partial charge in [-0.1, -0.05) is 42.5 Å². The highest BCUT2D eigenvalue weighted by Gasteiger charge is 2.29. The summed E-state index contributed by atoms with van der Waals surface area (Å²) in [7, 11) is 0. The number of amides is 1. The number of allylic oxidation sites excluding steroid dienone is 1. The smallest absolute Gasteiger partial charge is 0.271 e. The van der Waals surface area contributed by atoms with E-state index in [0.717, 1.165) is 22.9 Å². The monoisotopic (exact) mass is 397 g/mol. The third-order valence-corrected chi connectivity index (χ3v) is 5.71. The van der Waals surface area contributed by atoms with Crippen LogP contribution in [0.1, 0.15) is 49.2 Å². The molecule has 0 fully saturated rings. The standard InChI is InChI=1S/C26H27N3O/c1-5-29-24-13-10-19(14-23(24)18(2)16-26(29,3)4)17-27-28-25(30)22-12-11-20-8-6-7-9-21(20)15-22/h6-17H,5H2,1-4H3,(H,28,30)/b27-17+. The molecule has 1 heterocycles. The summed E-state index contributed by atoms with van der Waals surface area (Å²) in [6.45, 7) is 9.74. The lowest BCUT2D eigenvalue weighted by molar-refractivity contribution is 0.0955. The van der Waals surface area contributed by atoms with Crippen LogP contribution in [0.25, 0.3) is 16.3 Å². The minimum Gasteiger partial charge on any atom is -0.363 e. The van der Waals surface area contributed by atoms with Crippen LogP contribution in [0.15, 0.2) is 71.8 Å². The second kappa shape index (κ2) is 7.79. The first-order valence-electron chi connectivity index (χ1n) is 10.3. The van der Waals surface area contributed by atoms with Gasteiger partial charge >= 0.3 is 0 Å². The molecular weight excluding hydrogens is 370 g/mol. The van der Waals surface area contributed by atoms with Crippen molar-refractivity contribution in [1.82, 2.24) is 5.43 Å². The Labute approximate surface area is 177 Å². The van der Waals surface area contributed by atoms with Crippen LogP contribution in [-0.4, -0.2) is 24.2 Å². The number of anilines is 1. The van der Waals surface area contributed by atoms with E-state index in [9.17, 15) is 4.79 Å². The van der Waals surface area contributed by atoms with Gasteiger partial charge in [0.2, 0.25) is 0 Å². The maximum absolute atomic E-state index is 12.5. The van der Waals surface area contributed by atoms with Crippen LogP contribution in [0.3, 0.4) is 0 Å². The fourth-order valence-electron chi connectivity index (χ4n) is 4.32. The Balaban J connectivity index is 1.52. The van der Waals surface area contributed by atoms with Crippen molar-refractivity contribution in [3.63, 3.8) is 0 Å². The molecule has 1 aliphatic heterocycles. The molecule has 0 radical (unpaired) electrons. The van der Waals surface area contributed by atoms with Gasteiger partial charge in [-0.25, -0.2) is 5.43 Å². The minimum atomic E-state index is -0.218. The fourth-order valence-corrected chi connectivity index (χ4v) is 4.32. The average Bonchev–Trinajstić information content (AvgIpc) is 2.73. The number of carbonyl (C=O) groups is 1. The molecule has 0 atom stereocenters. The first kappa shape index (κ1) is 19.9. The molecule has 4 heteroatoms. The minimum absolute atomic E-state index is 0.00469. The number of nitrogens with zero attached hydrogens (tertiary/aromatic N) is 2. The maximum Gasteiger partial charge on any atom is 0.271 e. The highest BCUT2D eigenvalue weighted by atomic mass is 16.2. The largest absolute Gasteiger partial charge is 0.363 e.